The van der Waals surface area contributed by atoms with Crippen LogP contribution in [0.1, 0.15) is 6.42 Å². The topological polar surface area (TPSA) is 81.1 Å². The highest BCUT2D eigenvalue weighted by molar-refractivity contribution is 7.91. The van der Waals surface area contributed by atoms with Gasteiger partial charge >= 0.3 is 0 Å². The predicted molar refractivity (Wildman–Crippen MR) is 95.8 cm³/mol. The molecule has 1 aromatic heterocycles. The number of imidazole rings is 1. The average molecular weight is 375 g/mol. The molecule has 0 bridgehead atoms. The molecule has 0 fully saturated rings. The van der Waals surface area contributed by atoms with Crippen LogP contribution in [0.5, 0.6) is 0 Å². The number of sulfone groups is 1. The largest absolute Gasteiger partial charge is 0.355 e. The molecule has 26 heavy (non-hydrogen) atoms. The number of fused-ring (bicyclic) bond motifs is 1. The molecule has 6 nitrogen and oxygen atoms in total. The third-order valence-corrected chi connectivity index (χ3v) is 5.70. The lowest BCUT2D eigenvalue weighted by Crippen LogP contribution is -2.29. The number of para-hydroxylation sites is 2. The maximum absolute atomic E-state index is 12.9. The van der Waals surface area contributed by atoms with Crippen LogP contribution < -0.4 is 5.32 Å². The monoisotopic (exact) mass is 375 g/mol. The van der Waals surface area contributed by atoms with Crippen molar-refractivity contribution in [2.45, 2.75) is 17.9 Å². The van der Waals surface area contributed by atoms with Crippen LogP contribution in [0.15, 0.2) is 59.8 Å². The summed E-state index contributed by atoms with van der Waals surface area (Å²) in [4.78, 5) is 16.2. The number of carbonyl (C=O) groups is 1. The molecule has 0 atom stereocenters. The lowest BCUT2D eigenvalue weighted by Gasteiger charge is -2.08. The number of carbonyl (C=O) groups excluding carboxylic acids is 1. The van der Waals surface area contributed by atoms with Gasteiger partial charge in [0.25, 0.3) is 0 Å². The Morgan fingerprint density at radius 3 is 2.62 bits per heavy atom. The van der Waals surface area contributed by atoms with Crippen molar-refractivity contribution in [1.29, 1.82) is 0 Å². The maximum atomic E-state index is 12.9. The van der Waals surface area contributed by atoms with Gasteiger partial charge in [-0.2, -0.15) is 0 Å². The summed E-state index contributed by atoms with van der Waals surface area (Å²) in [5.41, 5.74) is 1.80. The van der Waals surface area contributed by atoms with Crippen molar-refractivity contribution < 1.29 is 17.6 Å². The Morgan fingerprint density at radius 2 is 1.85 bits per heavy atom. The van der Waals surface area contributed by atoms with Gasteiger partial charge in [0.1, 0.15) is 5.82 Å². The first-order valence-corrected chi connectivity index (χ1v) is 9.76. The van der Waals surface area contributed by atoms with E-state index in [0.29, 0.717) is 6.54 Å². The van der Waals surface area contributed by atoms with E-state index in [1.807, 2.05) is 28.8 Å². The van der Waals surface area contributed by atoms with Crippen molar-refractivity contribution in [1.82, 2.24) is 14.9 Å². The number of amides is 1. The van der Waals surface area contributed by atoms with Crippen LogP contribution in [0.25, 0.3) is 11.0 Å². The van der Waals surface area contributed by atoms with Crippen molar-refractivity contribution in [2.24, 2.45) is 0 Å². The van der Waals surface area contributed by atoms with E-state index in [1.165, 1.54) is 12.1 Å². The minimum Gasteiger partial charge on any atom is -0.355 e. The molecule has 0 unspecified atom stereocenters. The van der Waals surface area contributed by atoms with Gasteiger partial charge in [-0.25, -0.2) is 17.8 Å². The highest BCUT2D eigenvalue weighted by Gasteiger charge is 2.14. The third-order valence-electron chi connectivity index (χ3n) is 3.97. The minimum atomic E-state index is -3.56. The van der Waals surface area contributed by atoms with Gasteiger partial charge in [-0.3, -0.25) is 4.79 Å². The molecule has 1 amide bonds. The molecule has 0 aliphatic heterocycles. The number of aryl methyl sites for hydroxylation is 1. The summed E-state index contributed by atoms with van der Waals surface area (Å²) in [6, 6.07) is 12.3. The summed E-state index contributed by atoms with van der Waals surface area (Å²) in [6.45, 7) is 0.459. The highest BCUT2D eigenvalue weighted by atomic mass is 32.2. The molecule has 136 valence electrons. The second-order valence-corrected chi connectivity index (χ2v) is 7.91. The van der Waals surface area contributed by atoms with E-state index < -0.39 is 15.7 Å². The average Bonchev–Trinajstić information content (AvgIpc) is 3.03. The van der Waals surface area contributed by atoms with Gasteiger partial charge in [0.05, 0.1) is 28.0 Å². The van der Waals surface area contributed by atoms with Gasteiger partial charge in [0, 0.05) is 19.5 Å². The number of benzene rings is 2. The van der Waals surface area contributed by atoms with Crippen molar-refractivity contribution >= 4 is 26.8 Å². The smallest absolute Gasteiger partial charge is 0.221 e. The first kappa shape index (κ1) is 18.1. The second kappa shape index (κ2) is 7.65. The Hall–Kier alpha value is -2.74. The summed E-state index contributed by atoms with van der Waals surface area (Å²) >= 11 is 0. The molecule has 1 N–H and O–H groups in total. The molecule has 2 aromatic carbocycles. The number of halogens is 1. The van der Waals surface area contributed by atoms with Gasteiger partial charge < -0.3 is 9.88 Å². The van der Waals surface area contributed by atoms with Crippen LogP contribution in [0.3, 0.4) is 0 Å². The molecule has 0 aliphatic carbocycles. The number of nitrogens with one attached hydrogen (secondary N) is 1. The van der Waals surface area contributed by atoms with Crippen LogP contribution >= 0.6 is 0 Å². The zero-order valence-corrected chi connectivity index (χ0v) is 14.7. The molecule has 8 heteroatoms. The normalized spacial score (nSPS) is 11.6. The summed E-state index contributed by atoms with van der Waals surface area (Å²) in [7, 11) is -3.56. The lowest BCUT2D eigenvalue weighted by molar-refractivity contribution is -0.121. The molecular weight excluding hydrogens is 357 g/mol. The predicted octanol–water partition coefficient (Wildman–Crippen LogP) is 2.16. The number of hydrogen-bond acceptors (Lipinski definition) is 4. The van der Waals surface area contributed by atoms with E-state index in [0.717, 1.165) is 23.2 Å². The van der Waals surface area contributed by atoms with E-state index in [4.69, 9.17) is 0 Å². The first-order valence-electron chi connectivity index (χ1n) is 8.10. The fourth-order valence-corrected chi connectivity index (χ4v) is 3.74. The minimum absolute atomic E-state index is 0.00319. The van der Waals surface area contributed by atoms with E-state index in [9.17, 15) is 17.6 Å². The summed E-state index contributed by atoms with van der Waals surface area (Å²) in [5, 5.41) is 2.60. The molecule has 0 saturated carbocycles. The van der Waals surface area contributed by atoms with E-state index in [1.54, 1.807) is 6.33 Å². The Labute approximate surface area is 150 Å². The summed E-state index contributed by atoms with van der Waals surface area (Å²) < 4.78 is 39.0. The van der Waals surface area contributed by atoms with Crippen LogP contribution in [0, 0.1) is 5.82 Å². The maximum Gasteiger partial charge on any atom is 0.221 e. The molecule has 0 spiro atoms. The van der Waals surface area contributed by atoms with E-state index in [2.05, 4.69) is 10.3 Å². The number of rotatable bonds is 7. The Morgan fingerprint density at radius 1 is 1.12 bits per heavy atom. The van der Waals surface area contributed by atoms with Crippen LogP contribution in [-0.2, 0) is 21.2 Å². The molecule has 3 rings (SSSR count). The third kappa shape index (κ3) is 4.26. The Balaban J connectivity index is 1.49. The Bertz CT molecular complexity index is 1010. The van der Waals surface area contributed by atoms with Crippen LogP contribution in [0.2, 0.25) is 0 Å². The molecular formula is C18H18FN3O3S. The lowest BCUT2D eigenvalue weighted by atomic mass is 10.3. The quantitative estimate of drug-likeness (QED) is 0.642. The number of hydrogen-bond donors (Lipinski definition) is 1. The molecule has 1 heterocycles. The van der Waals surface area contributed by atoms with Gasteiger partial charge in [0.2, 0.25) is 5.91 Å². The van der Waals surface area contributed by atoms with E-state index in [-0.39, 0.29) is 29.5 Å². The molecule has 3 aromatic rings. The second-order valence-electron chi connectivity index (χ2n) is 5.80. The van der Waals surface area contributed by atoms with Gasteiger partial charge in [-0.05, 0) is 36.4 Å². The first-order chi connectivity index (χ1) is 12.5. The molecule has 0 radical (unpaired) electrons. The molecule has 0 aliphatic rings. The molecule has 0 saturated heterocycles. The van der Waals surface area contributed by atoms with Crippen molar-refractivity contribution in [3.63, 3.8) is 0 Å². The van der Waals surface area contributed by atoms with Gasteiger partial charge in [-0.1, -0.05) is 12.1 Å². The van der Waals surface area contributed by atoms with Crippen molar-refractivity contribution in [3.05, 3.63) is 60.7 Å². The number of nitrogens with zero attached hydrogens (tertiary/aromatic N) is 2. The van der Waals surface area contributed by atoms with E-state index >= 15 is 0 Å². The van der Waals surface area contributed by atoms with Crippen molar-refractivity contribution in [2.75, 3.05) is 12.3 Å². The van der Waals surface area contributed by atoms with Gasteiger partial charge in [0.15, 0.2) is 9.84 Å². The van der Waals surface area contributed by atoms with Gasteiger partial charge in [-0.15, -0.1) is 0 Å². The SMILES string of the molecule is O=C(CCn1cnc2ccccc21)NCCS(=O)(=O)c1ccc(F)cc1. The summed E-state index contributed by atoms with van der Waals surface area (Å²) in [5.74, 6) is -0.973. The fraction of sp³-hybridized carbons (Fsp3) is 0.222. The zero-order valence-electron chi connectivity index (χ0n) is 13.9. The van der Waals surface area contributed by atoms with Crippen molar-refractivity contribution in [3.8, 4) is 0 Å². The van der Waals surface area contributed by atoms with Crippen LogP contribution in [0.4, 0.5) is 4.39 Å². The zero-order chi connectivity index (χ0) is 18.6. The summed E-state index contributed by atoms with van der Waals surface area (Å²) in [6.07, 6.45) is 1.90. The fourth-order valence-electron chi connectivity index (χ4n) is 2.58. The number of aromatic nitrogens is 2. The van der Waals surface area contributed by atoms with Crippen LogP contribution in [-0.4, -0.2) is 36.2 Å². The Kier molecular flexibility index (Phi) is 5.32. The highest BCUT2D eigenvalue weighted by Crippen LogP contribution is 2.13. The standard InChI is InChI=1S/C18H18FN3O3S/c19-14-5-7-15(8-6-14)26(24,25)12-10-20-18(23)9-11-22-13-21-16-3-1-2-4-17(16)22/h1-8,13H,9-12H2,(H,20,23).